The Morgan fingerprint density at radius 3 is 2.48 bits per heavy atom. The molecule has 1 aliphatic rings. The molecule has 0 bridgehead atoms. The van der Waals surface area contributed by atoms with Crippen LogP contribution in [-0.4, -0.2) is 58.4 Å². The summed E-state index contributed by atoms with van der Waals surface area (Å²) >= 11 is 0. The molecule has 1 fully saturated rings. The van der Waals surface area contributed by atoms with E-state index in [0.29, 0.717) is 34.0 Å². The van der Waals surface area contributed by atoms with Gasteiger partial charge in [0.25, 0.3) is 0 Å². The summed E-state index contributed by atoms with van der Waals surface area (Å²) in [5, 5.41) is 13.8. The first-order valence-corrected chi connectivity index (χ1v) is 13.6. The minimum absolute atomic E-state index is 0.0189. The molecule has 218 valence electrons. The minimum Gasteiger partial charge on any atom is -0.493 e. The Hall–Kier alpha value is -3.11. The normalized spacial score (nSPS) is 18.1. The maximum atomic E-state index is 15.5. The smallest absolute Gasteiger partial charge is 0.303 e. The number of nitrogens with zero attached hydrogens (tertiary/aromatic N) is 3. The summed E-state index contributed by atoms with van der Waals surface area (Å²) in [5.41, 5.74) is -1.89. The summed E-state index contributed by atoms with van der Waals surface area (Å²) in [7, 11) is 3.67. The fourth-order valence-corrected chi connectivity index (χ4v) is 5.49. The van der Waals surface area contributed by atoms with Crippen LogP contribution in [0.5, 0.6) is 11.5 Å². The second kappa shape index (κ2) is 11.0. The van der Waals surface area contributed by atoms with E-state index in [1.54, 1.807) is 21.0 Å². The molecule has 0 amide bonds. The summed E-state index contributed by atoms with van der Waals surface area (Å²) in [4.78, 5) is 11.5. The van der Waals surface area contributed by atoms with Crippen LogP contribution in [0.15, 0.2) is 24.3 Å². The maximum absolute atomic E-state index is 15.5. The molecule has 1 saturated heterocycles. The monoisotopic (exact) mass is 560 g/mol. The number of methoxy groups -OCH3 is 1. The van der Waals surface area contributed by atoms with Crippen LogP contribution in [0.3, 0.4) is 0 Å². The van der Waals surface area contributed by atoms with Crippen molar-refractivity contribution in [2.45, 2.75) is 84.1 Å². The molecule has 0 radical (unpaired) electrons. The number of aromatic nitrogens is 2. The summed E-state index contributed by atoms with van der Waals surface area (Å²) in [5.74, 6) is -2.87. The Kier molecular flexibility index (Phi) is 8.25. The third-order valence-corrected chi connectivity index (χ3v) is 7.84. The quantitative estimate of drug-likeness (QED) is 0.318. The molecule has 1 aliphatic heterocycles. The highest BCUT2D eigenvalue weighted by Gasteiger charge is 2.49. The maximum Gasteiger partial charge on any atom is 0.303 e. The van der Waals surface area contributed by atoms with Crippen LogP contribution >= 0.6 is 0 Å². The average Bonchev–Trinajstić information content (AvgIpc) is 3.30. The zero-order valence-electron chi connectivity index (χ0n) is 24.4. The fourth-order valence-electron chi connectivity index (χ4n) is 5.49. The molecular weight excluding hydrogens is 521 g/mol. The van der Waals surface area contributed by atoms with Gasteiger partial charge in [0.2, 0.25) is 0 Å². The van der Waals surface area contributed by atoms with Gasteiger partial charge in [-0.2, -0.15) is 8.78 Å². The molecule has 3 aromatic rings. The Labute approximate surface area is 233 Å². The predicted molar refractivity (Wildman–Crippen MR) is 150 cm³/mol. The van der Waals surface area contributed by atoms with Gasteiger partial charge in [0.05, 0.1) is 24.2 Å². The zero-order chi connectivity index (χ0) is 29.6. The first-order valence-electron chi connectivity index (χ1n) is 13.6. The van der Waals surface area contributed by atoms with Crippen molar-refractivity contribution in [3.8, 4) is 11.5 Å². The number of nitrogens with one attached hydrogen (secondary N) is 1. The van der Waals surface area contributed by atoms with E-state index in [2.05, 4.69) is 27.2 Å². The topological polar surface area (TPSA) is 79.7 Å². The number of hydrogen-bond donors (Lipinski definition) is 2. The highest BCUT2D eigenvalue weighted by atomic mass is 19.3. The van der Waals surface area contributed by atoms with E-state index >= 15 is 4.39 Å². The van der Waals surface area contributed by atoms with Gasteiger partial charge in [-0.15, -0.1) is 0 Å². The lowest BCUT2D eigenvalue weighted by Crippen LogP contribution is -2.41. The van der Waals surface area contributed by atoms with E-state index in [1.807, 2.05) is 19.9 Å². The number of hydrogen-bond acceptors (Lipinski definition) is 7. The molecule has 2 aromatic carbocycles. The van der Waals surface area contributed by atoms with Crippen molar-refractivity contribution in [3.05, 3.63) is 52.6 Å². The van der Waals surface area contributed by atoms with Crippen LogP contribution in [-0.2, 0) is 5.92 Å². The number of aliphatic hydroxyl groups is 1. The number of likely N-dealkylation sites (tertiary alicyclic amines) is 1. The van der Waals surface area contributed by atoms with E-state index in [4.69, 9.17) is 9.47 Å². The molecule has 7 nitrogen and oxygen atoms in total. The molecule has 0 saturated carbocycles. The van der Waals surface area contributed by atoms with E-state index < -0.39 is 28.9 Å². The summed E-state index contributed by atoms with van der Waals surface area (Å²) in [6, 6.07) is 5.14. The number of likely N-dealkylation sites (N-methyl/N-ethyl adjacent to an activating group) is 1. The number of ether oxygens (including phenoxy) is 2. The molecule has 2 N–H and O–H groups in total. The second-order valence-corrected chi connectivity index (χ2v) is 11.3. The van der Waals surface area contributed by atoms with E-state index in [1.165, 1.54) is 12.1 Å². The van der Waals surface area contributed by atoms with Gasteiger partial charge in [-0.05, 0) is 80.1 Å². The number of rotatable bonds is 9. The van der Waals surface area contributed by atoms with Crippen LogP contribution < -0.4 is 14.8 Å². The van der Waals surface area contributed by atoms with Gasteiger partial charge in [0.15, 0.2) is 11.5 Å². The molecular formula is C30H39F3N4O3. The van der Waals surface area contributed by atoms with E-state index in [0.717, 1.165) is 44.9 Å². The highest BCUT2D eigenvalue weighted by molar-refractivity contribution is 5.94. The summed E-state index contributed by atoms with van der Waals surface area (Å²) < 4.78 is 57.5. The molecule has 0 unspecified atom stereocenters. The average molecular weight is 561 g/mol. The lowest BCUT2D eigenvalue weighted by atomic mass is 9.91. The van der Waals surface area contributed by atoms with Crippen molar-refractivity contribution in [1.82, 2.24) is 14.9 Å². The minimum atomic E-state index is -3.80. The van der Waals surface area contributed by atoms with E-state index in [-0.39, 0.29) is 17.7 Å². The zero-order valence-corrected chi connectivity index (χ0v) is 24.4. The molecule has 0 aliphatic carbocycles. The lowest BCUT2D eigenvalue weighted by Gasteiger charge is -2.30. The SMILES string of the molecule is COc1c(O[C@H](C)[C@@H]2CCCN2C)cc2c(N[C@H](C)c3cccc(C(F)(F)C(C)(C)O)c3F)nc(C)nc2c1C. The number of benzene rings is 2. The Bertz CT molecular complexity index is 1390. The number of anilines is 1. The Morgan fingerprint density at radius 2 is 1.88 bits per heavy atom. The Balaban J connectivity index is 1.75. The van der Waals surface area contributed by atoms with Crippen molar-refractivity contribution in [1.29, 1.82) is 0 Å². The predicted octanol–water partition coefficient (Wildman–Crippen LogP) is 6.29. The second-order valence-electron chi connectivity index (χ2n) is 11.3. The lowest BCUT2D eigenvalue weighted by molar-refractivity contribution is -0.170. The number of alkyl halides is 2. The van der Waals surface area contributed by atoms with E-state index in [9.17, 15) is 13.9 Å². The van der Waals surface area contributed by atoms with Crippen LogP contribution in [0.4, 0.5) is 19.0 Å². The standard InChI is InChI=1S/C30H39F3N4O3/c1-16-26-21(15-24(27(16)39-8)40-18(3)23-13-10-14-37(23)7)28(36-19(4)35-26)34-17(2)20-11-9-12-22(25(20)31)30(32,33)29(5,6)38/h9,11-12,15,17-18,23,38H,10,13-14H2,1-8H3,(H,34,35,36)/t17-,18-,23+/m1/s1. The first kappa shape index (κ1) is 29.9. The first-order chi connectivity index (χ1) is 18.7. The number of halogens is 3. The number of aryl methyl sites for hydroxylation is 2. The Morgan fingerprint density at radius 1 is 1.18 bits per heavy atom. The van der Waals surface area contributed by atoms with Gasteiger partial charge in [-0.3, -0.25) is 4.90 Å². The van der Waals surface area contributed by atoms with Gasteiger partial charge < -0.3 is 19.9 Å². The number of fused-ring (bicyclic) bond motifs is 1. The van der Waals surface area contributed by atoms with Crippen LogP contribution in [0.2, 0.25) is 0 Å². The van der Waals surface area contributed by atoms with Gasteiger partial charge in [-0.25, -0.2) is 14.4 Å². The highest BCUT2D eigenvalue weighted by Crippen LogP contribution is 2.43. The summed E-state index contributed by atoms with van der Waals surface area (Å²) in [6.45, 7) is 10.3. The van der Waals surface area contributed by atoms with Crippen LogP contribution in [0.25, 0.3) is 10.9 Å². The molecule has 4 rings (SSSR count). The largest absolute Gasteiger partial charge is 0.493 e. The molecule has 3 atom stereocenters. The third-order valence-electron chi connectivity index (χ3n) is 7.84. The molecule has 40 heavy (non-hydrogen) atoms. The molecule has 0 spiro atoms. The van der Waals surface area contributed by atoms with Crippen molar-refractivity contribution >= 4 is 16.7 Å². The third kappa shape index (κ3) is 5.43. The fraction of sp³-hybridized carbons (Fsp3) is 0.533. The van der Waals surface area contributed by atoms with Crippen LogP contribution in [0, 0.1) is 19.7 Å². The van der Waals surface area contributed by atoms with Gasteiger partial charge >= 0.3 is 5.92 Å². The van der Waals surface area contributed by atoms with Gasteiger partial charge in [0, 0.05) is 22.6 Å². The summed E-state index contributed by atoms with van der Waals surface area (Å²) in [6.07, 6.45) is 2.05. The molecule has 2 heterocycles. The van der Waals surface area contributed by atoms with Crippen LogP contribution in [0.1, 0.15) is 69.1 Å². The van der Waals surface area contributed by atoms with Crippen molar-refractivity contribution in [2.75, 3.05) is 26.0 Å². The van der Waals surface area contributed by atoms with Crippen molar-refractivity contribution < 1.29 is 27.8 Å². The van der Waals surface area contributed by atoms with Crippen molar-refractivity contribution in [3.63, 3.8) is 0 Å². The van der Waals surface area contributed by atoms with Gasteiger partial charge in [-0.1, -0.05) is 12.1 Å². The van der Waals surface area contributed by atoms with Crippen molar-refractivity contribution in [2.24, 2.45) is 0 Å². The van der Waals surface area contributed by atoms with Gasteiger partial charge in [0.1, 0.15) is 29.2 Å². The molecule has 1 aromatic heterocycles. The molecule has 10 heteroatoms.